The highest BCUT2D eigenvalue weighted by Gasteiger charge is 2.39. The molecule has 78 valence electrons. The average molecular weight is 204 g/mol. The van der Waals surface area contributed by atoms with Crippen LogP contribution in [0.3, 0.4) is 0 Å². The first-order chi connectivity index (χ1) is 7.27. The van der Waals surface area contributed by atoms with E-state index < -0.39 is 0 Å². The van der Waals surface area contributed by atoms with Crippen molar-refractivity contribution in [3.05, 3.63) is 24.3 Å². The van der Waals surface area contributed by atoms with Crippen LogP contribution in [0.15, 0.2) is 28.8 Å². The summed E-state index contributed by atoms with van der Waals surface area (Å²) in [7, 11) is 0. The Bertz CT molecular complexity index is 488. The van der Waals surface area contributed by atoms with Crippen molar-refractivity contribution in [1.82, 2.24) is 5.16 Å². The normalized spacial score (nSPS) is 17.9. The fraction of sp³-hybridized carbons (Fsp3) is 0.364. The van der Waals surface area contributed by atoms with Gasteiger partial charge in [0.1, 0.15) is 6.61 Å². The summed E-state index contributed by atoms with van der Waals surface area (Å²) in [6, 6.07) is 7.63. The summed E-state index contributed by atoms with van der Waals surface area (Å²) >= 11 is 0. The van der Waals surface area contributed by atoms with Gasteiger partial charge in [-0.05, 0) is 30.1 Å². The molecule has 2 N–H and O–H groups in total. The fourth-order valence-corrected chi connectivity index (χ4v) is 1.48. The molecule has 0 aliphatic heterocycles. The summed E-state index contributed by atoms with van der Waals surface area (Å²) in [5.41, 5.74) is 6.54. The van der Waals surface area contributed by atoms with Crippen LogP contribution in [0.5, 0.6) is 5.88 Å². The van der Waals surface area contributed by atoms with Crippen molar-refractivity contribution in [2.24, 2.45) is 5.73 Å². The summed E-state index contributed by atoms with van der Waals surface area (Å²) < 4.78 is 10.7. The topological polar surface area (TPSA) is 61.3 Å². The van der Waals surface area contributed by atoms with Crippen LogP contribution in [-0.2, 0) is 0 Å². The Kier molecular flexibility index (Phi) is 1.73. The Morgan fingerprint density at radius 1 is 1.40 bits per heavy atom. The lowest BCUT2D eigenvalue weighted by Gasteiger charge is -2.07. The van der Waals surface area contributed by atoms with Gasteiger partial charge in [-0.2, -0.15) is 0 Å². The van der Waals surface area contributed by atoms with Gasteiger partial charge in [0.25, 0.3) is 5.88 Å². The molecule has 15 heavy (non-hydrogen) atoms. The van der Waals surface area contributed by atoms with Crippen LogP contribution in [0.2, 0.25) is 0 Å². The van der Waals surface area contributed by atoms with E-state index in [1.807, 2.05) is 24.3 Å². The molecule has 2 aromatic rings. The molecule has 1 aromatic heterocycles. The van der Waals surface area contributed by atoms with Gasteiger partial charge in [-0.1, -0.05) is 12.1 Å². The number of nitrogens with two attached hydrogens (primary N) is 1. The first-order valence-electron chi connectivity index (χ1n) is 5.03. The number of hydrogen-bond donors (Lipinski definition) is 1. The van der Waals surface area contributed by atoms with Crippen LogP contribution >= 0.6 is 0 Å². The minimum atomic E-state index is -0.125. The van der Waals surface area contributed by atoms with Gasteiger partial charge in [0, 0.05) is 0 Å². The molecule has 0 saturated heterocycles. The first kappa shape index (κ1) is 8.73. The van der Waals surface area contributed by atoms with E-state index in [4.69, 9.17) is 15.0 Å². The van der Waals surface area contributed by atoms with Crippen LogP contribution in [0, 0.1) is 0 Å². The zero-order chi connectivity index (χ0) is 10.3. The zero-order valence-electron chi connectivity index (χ0n) is 8.27. The number of aromatic nitrogens is 1. The monoisotopic (exact) mass is 204 g/mol. The fourth-order valence-electron chi connectivity index (χ4n) is 1.48. The van der Waals surface area contributed by atoms with Crippen LogP contribution in [0.1, 0.15) is 12.8 Å². The van der Waals surface area contributed by atoms with E-state index in [-0.39, 0.29) is 5.54 Å². The zero-order valence-corrected chi connectivity index (χ0v) is 8.27. The third-order valence-electron chi connectivity index (χ3n) is 2.73. The largest absolute Gasteiger partial charge is 0.473 e. The third kappa shape index (κ3) is 1.57. The molecule has 3 rings (SSSR count). The highest BCUT2D eigenvalue weighted by atomic mass is 16.5. The van der Waals surface area contributed by atoms with Gasteiger partial charge in [-0.3, -0.25) is 0 Å². The van der Waals surface area contributed by atoms with Crippen molar-refractivity contribution in [1.29, 1.82) is 0 Å². The van der Waals surface area contributed by atoms with Crippen molar-refractivity contribution in [2.75, 3.05) is 6.61 Å². The van der Waals surface area contributed by atoms with E-state index in [9.17, 15) is 0 Å². The van der Waals surface area contributed by atoms with Gasteiger partial charge in [0.05, 0.1) is 10.9 Å². The highest BCUT2D eigenvalue weighted by Crippen LogP contribution is 2.33. The maximum atomic E-state index is 5.92. The lowest BCUT2D eigenvalue weighted by atomic mass is 10.2. The molecular formula is C11H12N2O2. The molecule has 4 heteroatoms. The molecule has 1 saturated carbocycles. The molecule has 1 fully saturated rings. The molecule has 0 amide bonds. The van der Waals surface area contributed by atoms with Crippen LogP contribution in [0.4, 0.5) is 0 Å². The second-order valence-corrected chi connectivity index (χ2v) is 4.13. The summed E-state index contributed by atoms with van der Waals surface area (Å²) in [6.45, 7) is 0.517. The predicted molar refractivity (Wildman–Crippen MR) is 55.7 cm³/mol. The van der Waals surface area contributed by atoms with Gasteiger partial charge >= 0.3 is 0 Å². The number of para-hydroxylation sites is 1. The van der Waals surface area contributed by atoms with E-state index >= 15 is 0 Å². The SMILES string of the molecule is NC1(COc2noc3ccccc23)CC1. The van der Waals surface area contributed by atoms with E-state index in [1.54, 1.807) is 0 Å². The number of benzene rings is 1. The van der Waals surface area contributed by atoms with E-state index in [1.165, 1.54) is 0 Å². The van der Waals surface area contributed by atoms with Gasteiger partial charge in [0.2, 0.25) is 0 Å². The van der Waals surface area contributed by atoms with Crippen LogP contribution < -0.4 is 10.5 Å². The quantitative estimate of drug-likeness (QED) is 0.826. The van der Waals surface area contributed by atoms with E-state index in [0.717, 1.165) is 23.8 Å². The number of ether oxygens (including phenoxy) is 1. The lowest BCUT2D eigenvalue weighted by molar-refractivity contribution is 0.255. The van der Waals surface area contributed by atoms with Crippen molar-refractivity contribution in [3.63, 3.8) is 0 Å². The minimum Gasteiger partial charge on any atom is -0.473 e. The molecule has 4 nitrogen and oxygen atoms in total. The predicted octanol–water partition coefficient (Wildman–Crippen LogP) is 1.70. The Morgan fingerprint density at radius 3 is 3.00 bits per heavy atom. The Labute approximate surface area is 87.0 Å². The highest BCUT2D eigenvalue weighted by molar-refractivity contribution is 5.81. The van der Waals surface area contributed by atoms with Gasteiger partial charge in [-0.25, -0.2) is 0 Å². The van der Waals surface area contributed by atoms with E-state index in [0.29, 0.717) is 12.5 Å². The lowest BCUT2D eigenvalue weighted by Crippen LogP contribution is -2.29. The molecule has 0 radical (unpaired) electrons. The first-order valence-corrected chi connectivity index (χ1v) is 5.03. The standard InChI is InChI=1S/C11H12N2O2/c12-11(5-6-11)7-14-10-8-3-1-2-4-9(8)15-13-10/h1-4H,5-7,12H2. The van der Waals surface area contributed by atoms with Crippen molar-refractivity contribution in [3.8, 4) is 5.88 Å². The smallest absolute Gasteiger partial charge is 0.262 e. The number of fused-ring (bicyclic) bond motifs is 1. The number of rotatable bonds is 3. The Balaban J connectivity index is 1.84. The number of hydrogen-bond acceptors (Lipinski definition) is 4. The second kappa shape index (κ2) is 2.97. The summed E-state index contributed by atoms with van der Waals surface area (Å²) in [6.07, 6.45) is 2.06. The summed E-state index contributed by atoms with van der Waals surface area (Å²) in [4.78, 5) is 0. The molecule has 0 spiro atoms. The molecule has 1 aliphatic carbocycles. The Morgan fingerprint density at radius 2 is 2.20 bits per heavy atom. The molecule has 1 heterocycles. The van der Waals surface area contributed by atoms with Gasteiger partial charge in [-0.15, -0.1) is 0 Å². The third-order valence-corrected chi connectivity index (χ3v) is 2.73. The molecule has 1 aromatic carbocycles. The van der Waals surface area contributed by atoms with Crippen LogP contribution in [0.25, 0.3) is 11.0 Å². The molecule has 1 aliphatic rings. The maximum absolute atomic E-state index is 5.92. The summed E-state index contributed by atoms with van der Waals surface area (Å²) in [5.74, 6) is 0.544. The van der Waals surface area contributed by atoms with Gasteiger partial charge < -0.3 is 15.0 Å². The van der Waals surface area contributed by atoms with Crippen LogP contribution in [-0.4, -0.2) is 17.3 Å². The van der Waals surface area contributed by atoms with Gasteiger partial charge in [0.15, 0.2) is 5.58 Å². The minimum absolute atomic E-state index is 0.125. The molecule has 0 unspecified atom stereocenters. The maximum Gasteiger partial charge on any atom is 0.262 e. The molecule has 0 atom stereocenters. The van der Waals surface area contributed by atoms with E-state index in [2.05, 4.69) is 5.16 Å². The number of nitrogens with zero attached hydrogens (tertiary/aromatic N) is 1. The molecular weight excluding hydrogens is 192 g/mol. The summed E-state index contributed by atoms with van der Waals surface area (Å²) in [5, 5.41) is 4.78. The second-order valence-electron chi connectivity index (χ2n) is 4.13. The average Bonchev–Trinajstić information content (AvgIpc) is 2.86. The molecule has 0 bridgehead atoms. The Hall–Kier alpha value is -1.55. The van der Waals surface area contributed by atoms with Crippen molar-refractivity contribution < 1.29 is 9.26 Å². The van der Waals surface area contributed by atoms with Crippen molar-refractivity contribution in [2.45, 2.75) is 18.4 Å². The van der Waals surface area contributed by atoms with Crippen molar-refractivity contribution >= 4 is 11.0 Å².